The van der Waals surface area contributed by atoms with Crippen molar-refractivity contribution in [3.63, 3.8) is 0 Å². The van der Waals surface area contributed by atoms with Crippen LogP contribution in [-0.4, -0.2) is 41.0 Å². The maximum Gasteiger partial charge on any atom is 0.137 e. The Balaban J connectivity index is 1.94. The second-order valence-corrected chi connectivity index (χ2v) is 5.70. The normalized spacial score (nSPS) is 32.9. The maximum absolute atomic E-state index is 11.9. The highest BCUT2D eigenvalue weighted by molar-refractivity contribution is 5.83. The van der Waals surface area contributed by atoms with Crippen LogP contribution in [0.2, 0.25) is 0 Å². The van der Waals surface area contributed by atoms with Crippen LogP contribution in [0.5, 0.6) is 0 Å². The van der Waals surface area contributed by atoms with Crippen LogP contribution in [0.3, 0.4) is 0 Å². The van der Waals surface area contributed by atoms with Crippen LogP contribution in [0.25, 0.3) is 0 Å². The summed E-state index contributed by atoms with van der Waals surface area (Å²) in [4.78, 5) is 14.3. The summed E-state index contributed by atoms with van der Waals surface area (Å²) in [7, 11) is 0. The second-order valence-electron chi connectivity index (χ2n) is 5.70. The molecular weight excluding hydrogens is 214 g/mol. The molecule has 17 heavy (non-hydrogen) atoms. The molecule has 1 N–H and O–H groups in total. The van der Waals surface area contributed by atoms with Gasteiger partial charge in [-0.15, -0.1) is 0 Å². The molecule has 0 radical (unpaired) electrons. The Morgan fingerprint density at radius 1 is 1.35 bits per heavy atom. The van der Waals surface area contributed by atoms with Gasteiger partial charge in [0.1, 0.15) is 5.78 Å². The first-order chi connectivity index (χ1) is 8.18. The Labute approximate surface area is 104 Å². The van der Waals surface area contributed by atoms with Crippen molar-refractivity contribution in [2.24, 2.45) is 5.92 Å². The number of carbonyl (C=O) groups is 1. The predicted molar refractivity (Wildman–Crippen MR) is 67.9 cm³/mol. The van der Waals surface area contributed by atoms with Crippen molar-refractivity contribution in [2.75, 3.05) is 13.1 Å². The van der Waals surface area contributed by atoms with E-state index in [0.717, 1.165) is 38.8 Å². The number of likely N-dealkylation sites (tertiary alicyclic amines) is 1. The zero-order valence-corrected chi connectivity index (χ0v) is 10.9. The van der Waals surface area contributed by atoms with Gasteiger partial charge >= 0.3 is 0 Å². The molecule has 1 heterocycles. The van der Waals surface area contributed by atoms with Gasteiger partial charge in [0.2, 0.25) is 0 Å². The van der Waals surface area contributed by atoms with E-state index in [4.69, 9.17) is 0 Å². The van der Waals surface area contributed by atoms with Gasteiger partial charge in [0.15, 0.2) is 0 Å². The first-order valence-electron chi connectivity index (χ1n) is 7.13. The molecule has 1 aliphatic carbocycles. The molecule has 0 amide bonds. The van der Waals surface area contributed by atoms with Crippen LogP contribution in [0.4, 0.5) is 0 Å². The number of carbonyl (C=O) groups excluding carboxylic acids is 1. The summed E-state index contributed by atoms with van der Waals surface area (Å²) in [5.74, 6) is 0.781. The lowest BCUT2D eigenvalue weighted by Gasteiger charge is -2.39. The molecule has 3 unspecified atom stereocenters. The average molecular weight is 239 g/mol. The second kappa shape index (κ2) is 5.96. The van der Waals surface area contributed by atoms with Crippen LogP contribution in [0, 0.1) is 5.92 Å². The Bertz CT molecular complexity index is 265. The summed E-state index contributed by atoms with van der Waals surface area (Å²) in [6.45, 7) is 3.91. The fraction of sp³-hybridized carbons (Fsp3) is 0.929. The summed E-state index contributed by atoms with van der Waals surface area (Å²) in [5, 5.41) is 9.39. The maximum atomic E-state index is 11.9. The number of Topliss-reactive ketones (excluding diaryl/α,β-unsaturated/α-hetero) is 1. The Kier molecular flexibility index (Phi) is 4.57. The Hall–Kier alpha value is -0.410. The van der Waals surface area contributed by atoms with E-state index in [2.05, 4.69) is 4.90 Å². The van der Waals surface area contributed by atoms with Gasteiger partial charge < -0.3 is 5.11 Å². The van der Waals surface area contributed by atoms with E-state index in [1.165, 1.54) is 19.3 Å². The SMILES string of the molecule is CC(O)CCN1CCCCC1C1CCCC1=O. The third kappa shape index (κ3) is 3.29. The summed E-state index contributed by atoms with van der Waals surface area (Å²) in [6.07, 6.45) is 7.27. The van der Waals surface area contributed by atoms with Crippen LogP contribution in [0.1, 0.15) is 51.9 Å². The third-order valence-electron chi connectivity index (χ3n) is 4.31. The number of hydrogen-bond donors (Lipinski definition) is 1. The number of ketones is 1. The number of piperidine rings is 1. The zero-order valence-electron chi connectivity index (χ0n) is 10.9. The van der Waals surface area contributed by atoms with Gasteiger partial charge in [-0.1, -0.05) is 6.42 Å². The van der Waals surface area contributed by atoms with Gasteiger partial charge in [-0.2, -0.15) is 0 Å². The molecular formula is C14H25NO2. The fourth-order valence-corrected chi connectivity index (χ4v) is 3.35. The van der Waals surface area contributed by atoms with Crippen LogP contribution in [-0.2, 0) is 4.79 Å². The number of aliphatic hydroxyl groups excluding tert-OH is 1. The van der Waals surface area contributed by atoms with Crippen molar-refractivity contribution in [3.05, 3.63) is 0 Å². The molecule has 2 rings (SSSR count). The molecule has 0 bridgehead atoms. The highest BCUT2D eigenvalue weighted by atomic mass is 16.3. The first-order valence-corrected chi connectivity index (χ1v) is 7.13. The highest BCUT2D eigenvalue weighted by Crippen LogP contribution is 2.32. The van der Waals surface area contributed by atoms with Crippen molar-refractivity contribution in [1.82, 2.24) is 4.90 Å². The molecule has 0 aromatic carbocycles. The van der Waals surface area contributed by atoms with Crippen molar-refractivity contribution < 1.29 is 9.90 Å². The first kappa shape index (κ1) is 13.0. The molecule has 0 spiro atoms. The molecule has 3 heteroatoms. The average Bonchev–Trinajstić information content (AvgIpc) is 2.73. The molecule has 0 aromatic heterocycles. The molecule has 1 aliphatic heterocycles. The quantitative estimate of drug-likeness (QED) is 0.815. The van der Waals surface area contributed by atoms with Crippen molar-refractivity contribution in [2.45, 2.75) is 64.0 Å². The third-order valence-corrected chi connectivity index (χ3v) is 4.31. The molecule has 2 aliphatic rings. The Morgan fingerprint density at radius 3 is 2.82 bits per heavy atom. The van der Waals surface area contributed by atoms with E-state index in [-0.39, 0.29) is 6.10 Å². The number of aliphatic hydroxyl groups is 1. The van der Waals surface area contributed by atoms with Gasteiger partial charge in [-0.05, 0) is 45.6 Å². The summed E-state index contributed by atoms with van der Waals surface area (Å²) in [5.41, 5.74) is 0. The fourth-order valence-electron chi connectivity index (χ4n) is 3.35. The van der Waals surface area contributed by atoms with Gasteiger partial charge in [0, 0.05) is 24.9 Å². The van der Waals surface area contributed by atoms with E-state index in [1.54, 1.807) is 0 Å². The van der Waals surface area contributed by atoms with Gasteiger partial charge in [-0.25, -0.2) is 0 Å². The van der Waals surface area contributed by atoms with Gasteiger partial charge in [0.05, 0.1) is 6.10 Å². The Morgan fingerprint density at radius 2 is 2.18 bits per heavy atom. The van der Waals surface area contributed by atoms with E-state index in [1.807, 2.05) is 6.92 Å². The molecule has 2 fully saturated rings. The smallest absolute Gasteiger partial charge is 0.137 e. The molecule has 1 saturated carbocycles. The molecule has 3 nitrogen and oxygen atoms in total. The zero-order chi connectivity index (χ0) is 12.3. The van der Waals surface area contributed by atoms with Gasteiger partial charge in [0.25, 0.3) is 0 Å². The van der Waals surface area contributed by atoms with E-state index in [0.29, 0.717) is 17.7 Å². The lowest BCUT2D eigenvalue weighted by Crippen LogP contribution is -2.46. The number of nitrogens with zero attached hydrogens (tertiary/aromatic N) is 1. The van der Waals surface area contributed by atoms with E-state index >= 15 is 0 Å². The van der Waals surface area contributed by atoms with Crippen molar-refractivity contribution in [3.8, 4) is 0 Å². The lowest BCUT2D eigenvalue weighted by atomic mass is 9.88. The molecule has 98 valence electrons. The predicted octanol–water partition coefficient (Wildman–Crippen LogP) is 1.98. The summed E-state index contributed by atoms with van der Waals surface area (Å²) < 4.78 is 0. The minimum Gasteiger partial charge on any atom is -0.393 e. The van der Waals surface area contributed by atoms with Crippen molar-refractivity contribution in [1.29, 1.82) is 0 Å². The molecule has 1 saturated heterocycles. The monoisotopic (exact) mass is 239 g/mol. The summed E-state index contributed by atoms with van der Waals surface area (Å²) >= 11 is 0. The number of hydrogen-bond acceptors (Lipinski definition) is 3. The van der Waals surface area contributed by atoms with Crippen LogP contribution >= 0.6 is 0 Å². The van der Waals surface area contributed by atoms with E-state index in [9.17, 15) is 9.90 Å². The number of rotatable bonds is 4. The minimum absolute atomic E-state index is 0.225. The van der Waals surface area contributed by atoms with Crippen molar-refractivity contribution >= 4 is 5.78 Å². The highest BCUT2D eigenvalue weighted by Gasteiger charge is 2.36. The molecule has 3 atom stereocenters. The van der Waals surface area contributed by atoms with E-state index < -0.39 is 0 Å². The van der Waals surface area contributed by atoms with Crippen LogP contribution in [0.15, 0.2) is 0 Å². The van der Waals surface area contributed by atoms with Gasteiger partial charge in [-0.3, -0.25) is 9.69 Å². The minimum atomic E-state index is -0.225. The standard InChI is InChI=1S/C14H25NO2/c1-11(16)8-10-15-9-3-2-6-13(15)12-5-4-7-14(12)17/h11-13,16H,2-10H2,1H3. The summed E-state index contributed by atoms with van der Waals surface area (Å²) in [6, 6.07) is 0.470. The lowest BCUT2D eigenvalue weighted by molar-refractivity contribution is -0.123. The van der Waals surface area contributed by atoms with Crippen LogP contribution < -0.4 is 0 Å². The largest absolute Gasteiger partial charge is 0.393 e. The topological polar surface area (TPSA) is 40.5 Å². The molecule has 0 aromatic rings.